The molecule has 2 N–H and O–H groups in total. The van der Waals surface area contributed by atoms with Crippen LogP contribution in [0.5, 0.6) is 0 Å². The molecule has 1 saturated carbocycles. The SMILES string of the molecule is Cc1cc(C(=O)CSc2ncc(C#N)c(N)n2)c(C)n1C1CC1. The van der Waals surface area contributed by atoms with E-state index in [0.717, 1.165) is 17.0 Å². The fourth-order valence-corrected chi connectivity index (χ4v) is 3.40. The molecule has 118 valence electrons. The molecular weight excluding hydrogens is 310 g/mol. The lowest BCUT2D eigenvalue weighted by atomic mass is 10.2. The third-order valence-corrected chi connectivity index (χ3v) is 4.81. The first-order valence-electron chi connectivity index (χ1n) is 7.38. The van der Waals surface area contributed by atoms with Gasteiger partial charge >= 0.3 is 0 Å². The molecule has 0 aromatic carbocycles. The standard InChI is InChI=1S/C16H17N5OS/c1-9-5-13(10(2)21(9)12-3-4-12)14(22)8-23-16-19-7-11(6-17)15(18)20-16/h5,7,12H,3-4,8H2,1-2H3,(H2,18,19,20). The summed E-state index contributed by atoms with van der Waals surface area (Å²) in [5, 5.41) is 9.22. The first-order chi connectivity index (χ1) is 11.0. The Morgan fingerprint density at radius 2 is 2.26 bits per heavy atom. The number of aryl methyl sites for hydroxylation is 1. The third kappa shape index (κ3) is 3.08. The molecule has 6 nitrogen and oxygen atoms in total. The number of anilines is 1. The van der Waals surface area contributed by atoms with Crippen LogP contribution in [0.4, 0.5) is 5.82 Å². The van der Waals surface area contributed by atoms with Crippen molar-refractivity contribution < 1.29 is 4.79 Å². The summed E-state index contributed by atoms with van der Waals surface area (Å²) in [6, 6.07) is 4.44. The van der Waals surface area contributed by atoms with E-state index in [0.29, 0.717) is 11.2 Å². The van der Waals surface area contributed by atoms with Crippen molar-refractivity contribution in [2.45, 2.75) is 37.9 Å². The summed E-state index contributed by atoms with van der Waals surface area (Å²) in [5.74, 6) is 0.450. The van der Waals surface area contributed by atoms with E-state index in [2.05, 4.69) is 14.5 Å². The van der Waals surface area contributed by atoms with Gasteiger partial charge in [-0.15, -0.1) is 0 Å². The zero-order chi connectivity index (χ0) is 16.6. The van der Waals surface area contributed by atoms with Crippen LogP contribution in [0.1, 0.15) is 46.2 Å². The second-order valence-corrected chi connectivity index (χ2v) is 6.60. The third-order valence-electron chi connectivity index (χ3n) is 3.95. The van der Waals surface area contributed by atoms with E-state index in [-0.39, 0.29) is 22.9 Å². The molecule has 1 fully saturated rings. The van der Waals surface area contributed by atoms with E-state index < -0.39 is 0 Å². The van der Waals surface area contributed by atoms with Crippen LogP contribution < -0.4 is 5.73 Å². The smallest absolute Gasteiger partial charge is 0.189 e. The molecule has 0 radical (unpaired) electrons. The number of nitrogens with two attached hydrogens (primary N) is 1. The molecule has 23 heavy (non-hydrogen) atoms. The summed E-state index contributed by atoms with van der Waals surface area (Å²) >= 11 is 1.23. The lowest BCUT2D eigenvalue weighted by Gasteiger charge is -2.07. The van der Waals surface area contributed by atoms with Gasteiger partial charge in [-0.1, -0.05) is 11.8 Å². The highest BCUT2D eigenvalue weighted by Gasteiger charge is 2.28. The Morgan fingerprint density at radius 1 is 1.52 bits per heavy atom. The Bertz CT molecular complexity index is 817. The number of nitrogens with zero attached hydrogens (tertiary/aromatic N) is 4. The number of thioether (sulfide) groups is 1. The van der Waals surface area contributed by atoms with Crippen molar-refractivity contribution in [2.24, 2.45) is 0 Å². The maximum atomic E-state index is 12.5. The number of nitrogen functional groups attached to an aromatic ring is 1. The Balaban J connectivity index is 1.72. The lowest BCUT2D eigenvalue weighted by molar-refractivity contribution is 0.102. The molecule has 2 heterocycles. The van der Waals surface area contributed by atoms with Gasteiger partial charge in [0.25, 0.3) is 0 Å². The number of rotatable bonds is 5. The molecule has 0 unspecified atom stereocenters. The minimum Gasteiger partial charge on any atom is -0.382 e. The van der Waals surface area contributed by atoms with E-state index in [9.17, 15) is 4.79 Å². The molecule has 0 atom stereocenters. The average Bonchev–Trinajstić information content (AvgIpc) is 3.30. The second-order valence-electron chi connectivity index (χ2n) is 5.66. The predicted octanol–water partition coefficient (Wildman–Crippen LogP) is 2.66. The fourth-order valence-electron chi connectivity index (χ4n) is 2.70. The molecule has 0 bridgehead atoms. The van der Waals surface area contributed by atoms with Gasteiger partial charge in [0, 0.05) is 23.0 Å². The van der Waals surface area contributed by atoms with Gasteiger partial charge in [0.05, 0.1) is 11.9 Å². The molecular formula is C16H17N5OS. The highest BCUT2D eigenvalue weighted by molar-refractivity contribution is 7.99. The number of aromatic nitrogens is 3. The van der Waals surface area contributed by atoms with E-state index in [1.54, 1.807) is 0 Å². The summed E-state index contributed by atoms with van der Waals surface area (Å²) in [6.07, 6.45) is 3.77. The molecule has 1 aliphatic rings. The van der Waals surface area contributed by atoms with Crippen molar-refractivity contribution in [3.05, 3.63) is 34.8 Å². The van der Waals surface area contributed by atoms with Crippen LogP contribution in [0.15, 0.2) is 17.4 Å². The minimum atomic E-state index is 0.0570. The van der Waals surface area contributed by atoms with Gasteiger partial charge in [-0.25, -0.2) is 9.97 Å². The van der Waals surface area contributed by atoms with Crippen molar-refractivity contribution in [1.29, 1.82) is 5.26 Å². The van der Waals surface area contributed by atoms with Crippen molar-refractivity contribution in [3.63, 3.8) is 0 Å². The van der Waals surface area contributed by atoms with Crippen molar-refractivity contribution in [3.8, 4) is 6.07 Å². The van der Waals surface area contributed by atoms with Crippen molar-refractivity contribution in [2.75, 3.05) is 11.5 Å². The summed E-state index contributed by atoms with van der Waals surface area (Å²) in [5.41, 5.74) is 8.85. The number of hydrogen-bond donors (Lipinski definition) is 1. The van der Waals surface area contributed by atoms with Gasteiger partial charge in [0.15, 0.2) is 10.9 Å². The molecule has 7 heteroatoms. The number of carbonyl (C=O) groups is 1. The maximum absolute atomic E-state index is 12.5. The van der Waals surface area contributed by atoms with Crippen LogP contribution in [0.3, 0.4) is 0 Å². The molecule has 0 saturated heterocycles. The molecule has 3 rings (SSSR count). The van der Waals surface area contributed by atoms with Gasteiger partial charge in [-0.05, 0) is 32.8 Å². The van der Waals surface area contributed by atoms with Crippen molar-refractivity contribution in [1.82, 2.24) is 14.5 Å². The van der Waals surface area contributed by atoms with Crippen molar-refractivity contribution >= 4 is 23.4 Å². The van der Waals surface area contributed by atoms with E-state index in [4.69, 9.17) is 11.0 Å². The molecule has 2 aromatic rings. The Hall–Kier alpha value is -2.33. The lowest BCUT2D eigenvalue weighted by Crippen LogP contribution is -2.06. The van der Waals surface area contributed by atoms with E-state index in [1.807, 2.05) is 26.0 Å². The van der Waals surface area contributed by atoms with E-state index >= 15 is 0 Å². The van der Waals surface area contributed by atoms with Gasteiger partial charge in [-0.3, -0.25) is 4.79 Å². The van der Waals surface area contributed by atoms with Crippen LogP contribution in [0, 0.1) is 25.2 Å². The maximum Gasteiger partial charge on any atom is 0.189 e. The normalized spacial score (nSPS) is 13.8. The number of nitriles is 1. The Kier molecular flexibility index (Phi) is 4.09. The fraction of sp³-hybridized carbons (Fsp3) is 0.375. The Labute approximate surface area is 138 Å². The minimum absolute atomic E-state index is 0.0570. The van der Waals surface area contributed by atoms with Crippen LogP contribution in [-0.4, -0.2) is 26.1 Å². The highest BCUT2D eigenvalue weighted by atomic mass is 32.2. The van der Waals surface area contributed by atoms with Crippen LogP contribution in [-0.2, 0) is 0 Å². The van der Waals surface area contributed by atoms with Gasteiger partial charge in [0.1, 0.15) is 17.5 Å². The first-order valence-corrected chi connectivity index (χ1v) is 8.37. The van der Waals surface area contributed by atoms with Gasteiger partial charge < -0.3 is 10.3 Å². The second kappa shape index (κ2) is 6.05. The molecule has 0 amide bonds. The topological polar surface area (TPSA) is 97.6 Å². The van der Waals surface area contributed by atoms with E-state index in [1.165, 1.54) is 30.8 Å². The quantitative estimate of drug-likeness (QED) is 0.515. The highest BCUT2D eigenvalue weighted by Crippen LogP contribution is 2.38. The largest absolute Gasteiger partial charge is 0.382 e. The van der Waals surface area contributed by atoms with Crippen LogP contribution in [0.25, 0.3) is 0 Å². The zero-order valence-corrected chi connectivity index (χ0v) is 13.9. The monoisotopic (exact) mass is 327 g/mol. The number of Topliss-reactive ketones (excluding diaryl/α,β-unsaturated/α-hetero) is 1. The molecule has 0 spiro atoms. The van der Waals surface area contributed by atoms with Crippen LogP contribution >= 0.6 is 11.8 Å². The van der Waals surface area contributed by atoms with Gasteiger partial charge in [-0.2, -0.15) is 5.26 Å². The first kappa shape index (κ1) is 15.6. The summed E-state index contributed by atoms with van der Waals surface area (Å²) in [7, 11) is 0. The zero-order valence-electron chi connectivity index (χ0n) is 13.0. The predicted molar refractivity (Wildman–Crippen MR) is 88.4 cm³/mol. The molecule has 1 aliphatic carbocycles. The summed E-state index contributed by atoms with van der Waals surface area (Å²) in [4.78, 5) is 20.6. The summed E-state index contributed by atoms with van der Waals surface area (Å²) < 4.78 is 2.26. The number of carbonyl (C=O) groups excluding carboxylic acids is 1. The van der Waals surface area contributed by atoms with Crippen LogP contribution in [0.2, 0.25) is 0 Å². The number of ketones is 1. The molecule has 2 aromatic heterocycles. The average molecular weight is 327 g/mol. The number of hydrogen-bond acceptors (Lipinski definition) is 6. The molecule has 0 aliphatic heterocycles. The van der Waals surface area contributed by atoms with Gasteiger partial charge in [0.2, 0.25) is 0 Å². The summed E-state index contributed by atoms with van der Waals surface area (Å²) in [6.45, 7) is 4.04. The Morgan fingerprint density at radius 3 is 2.87 bits per heavy atom.